The molecule has 0 amide bonds. The zero-order valence-electron chi connectivity index (χ0n) is 29.2. The van der Waals surface area contributed by atoms with E-state index in [-0.39, 0.29) is 40.6 Å². The summed E-state index contributed by atoms with van der Waals surface area (Å²) in [7, 11) is 0. The molecule has 2 N–H and O–H groups in total. The first-order valence-electron chi connectivity index (χ1n) is 18.1. The highest BCUT2D eigenvalue weighted by molar-refractivity contribution is 6.12. The second-order valence-corrected chi connectivity index (χ2v) is 12.7. The van der Waals surface area contributed by atoms with Crippen molar-refractivity contribution < 1.29 is 29.3 Å². The SMILES string of the molecule is CCCCCCCCOc1ccc(C(=O)c2ccccc2)c(O)c1Cc1c(OCCCCCCCC)ccc(C(=O)c2ccccc2)c1O. The number of ether oxygens (including phenoxy) is 2. The van der Waals surface area contributed by atoms with Crippen LogP contribution >= 0.6 is 0 Å². The van der Waals surface area contributed by atoms with Gasteiger partial charge in [-0.3, -0.25) is 9.59 Å². The van der Waals surface area contributed by atoms with Gasteiger partial charge in [-0.05, 0) is 37.1 Å². The minimum Gasteiger partial charge on any atom is -0.507 e. The van der Waals surface area contributed by atoms with Gasteiger partial charge in [0.05, 0.1) is 24.3 Å². The monoisotopic (exact) mass is 664 g/mol. The number of rotatable bonds is 22. The molecular weight excluding hydrogens is 612 g/mol. The molecule has 0 saturated carbocycles. The molecule has 0 heterocycles. The Morgan fingerprint density at radius 3 is 1.24 bits per heavy atom. The van der Waals surface area contributed by atoms with E-state index in [1.807, 2.05) is 12.1 Å². The lowest BCUT2D eigenvalue weighted by molar-refractivity contribution is 0.102. The summed E-state index contributed by atoms with van der Waals surface area (Å²) >= 11 is 0. The summed E-state index contributed by atoms with van der Waals surface area (Å²) < 4.78 is 12.5. The van der Waals surface area contributed by atoms with Crippen LogP contribution in [-0.2, 0) is 6.42 Å². The van der Waals surface area contributed by atoms with Gasteiger partial charge < -0.3 is 19.7 Å². The number of ketones is 2. The lowest BCUT2D eigenvalue weighted by Crippen LogP contribution is -2.09. The van der Waals surface area contributed by atoms with Gasteiger partial charge in [-0.25, -0.2) is 0 Å². The summed E-state index contributed by atoms with van der Waals surface area (Å²) in [6.07, 6.45) is 13.2. The van der Waals surface area contributed by atoms with E-state index in [4.69, 9.17) is 9.47 Å². The molecule has 0 saturated heterocycles. The van der Waals surface area contributed by atoms with E-state index in [9.17, 15) is 19.8 Å². The van der Waals surface area contributed by atoms with E-state index >= 15 is 0 Å². The van der Waals surface area contributed by atoms with Crippen LogP contribution in [0.5, 0.6) is 23.0 Å². The highest BCUT2D eigenvalue weighted by Crippen LogP contribution is 2.41. The van der Waals surface area contributed by atoms with Crippen molar-refractivity contribution in [1.29, 1.82) is 0 Å². The largest absolute Gasteiger partial charge is 0.507 e. The number of benzene rings is 4. The lowest BCUT2D eigenvalue weighted by Gasteiger charge is -2.19. The molecule has 6 heteroatoms. The molecular formula is C43H52O6. The second kappa shape index (κ2) is 20.1. The molecule has 0 aliphatic rings. The average molecular weight is 665 g/mol. The summed E-state index contributed by atoms with van der Waals surface area (Å²) in [4.78, 5) is 27.1. The van der Waals surface area contributed by atoms with Crippen LogP contribution in [0.15, 0.2) is 84.9 Å². The summed E-state index contributed by atoms with van der Waals surface area (Å²) in [5.41, 5.74) is 1.89. The average Bonchev–Trinajstić information content (AvgIpc) is 3.13. The van der Waals surface area contributed by atoms with E-state index in [1.54, 1.807) is 72.8 Å². The third-order valence-electron chi connectivity index (χ3n) is 8.91. The number of phenolic OH excluding ortho intramolecular Hbond substituents is 2. The van der Waals surface area contributed by atoms with E-state index < -0.39 is 0 Å². The fourth-order valence-corrected chi connectivity index (χ4v) is 6.01. The van der Waals surface area contributed by atoms with Crippen molar-refractivity contribution >= 4 is 11.6 Å². The zero-order chi connectivity index (χ0) is 34.8. The maximum absolute atomic E-state index is 13.6. The third-order valence-corrected chi connectivity index (χ3v) is 8.91. The number of hydrogen-bond donors (Lipinski definition) is 2. The van der Waals surface area contributed by atoms with E-state index in [1.165, 1.54) is 38.5 Å². The Morgan fingerprint density at radius 2 is 0.857 bits per heavy atom. The maximum atomic E-state index is 13.6. The molecule has 0 radical (unpaired) electrons. The number of phenols is 2. The van der Waals surface area contributed by atoms with Crippen LogP contribution in [0.1, 0.15) is 134 Å². The van der Waals surface area contributed by atoms with Crippen LogP contribution in [0.4, 0.5) is 0 Å². The smallest absolute Gasteiger partial charge is 0.196 e. The Labute approximate surface area is 292 Å². The van der Waals surface area contributed by atoms with Crippen molar-refractivity contribution in [2.75, 3.05) is 13.2 Å². The van der Waals surface area contributed by atoms with Crippen molar-refractivity contribution in [2.24, 2.45) is 0 Å². The molecule has 0 aliphatic carbocycles. The summed E-state index contributed by atoms with van der Waals surface area (Å²) in [6.45, 7) is 5.29. The Bertz CT molecular complexity index is 1490. The number of unbranched alkanes of at least 4 members (excludes halogenated alkanes) is 10. The first-order valence-corrected chi connectivity index (χ1v) is 18.1. The van der Waals surface area contributed by atoms with Crippen LogP contribution in [0.3, 0.4) is 0 Å². The van der Waals surface area contributed by atoms with Gasteiger partial charge in [0.25, 0.3) is 0 Å². The summed E-state index contributed by atoms with van der Waals surface area (Å²) in [5.74, 6) is -0.212. The van der Waals surface area contributed by atoms with Crippen LogP contribution in [0, 0.1) is 0 Å². The van der Waals surface area contributed by atoms with Crippen molar-refractivity contribution in [1.82, 2.24) is 0 Å². The molecule has 4 aromatic carbocycles. The van der Waals surface area contributed by atoms with Crippen molar-refractivity contribution in [3.8, 4) is 23.0 Å². The van der Waals surface area contributed by atoms with E-state index in [2.05, 4.69) is 13.8 Å². The van der Waals surface area contributed by atoms with Gasteiger partial charge in [0.1, 0.15) is 23.0 Å². The summed E-state index contributed by atoms with van der Waals surface area (Å²) in [5, 5.41) is 23.5. The first kappa shape index (κ1) is 37.2. The molecule has 0 aromatic heterocycles. The van der Waals surface area contributed by atoms with Crippen LogP contribution in [0.2, 0.25) is 0 Å². The predicted octanol–water partition coefficient (Wildman–Crippen LogP) is 10.6. The lowest BCUT2D eigenvalue weighted by atomic mass is 9.93. The topological polar surface area (TPSA) is 93.1 Å². The first-order chi connectivity index (χ1) is 24.0. The van der Waals surface area contributed by atoms with Gasteiger partial charge in [-0.15, -0.1) is 0 Å². The number of carbonyl (C=O) groups is 2. The van der Waals surface area contributed by atoms with E-state index in [0.717, 1.165) is 38.5 Å². The molecule has 0 aliphatic heterocycles. The highest BCUT2D eigenvalue weighted by Gasteiger charge is 2.25. The van der Waals surface area contributed by atoms with Gasteiger partial charge in [0.2, 0.25) is 0 Å². The molecule has 4 rings (SSSR count). The molecule has 49 heavy (non-hydrogen) atoms. The molecule has 0 spiro atoms. The minimum atomic E-state index is -0.321. The normalized spacial score (nSPS) is 11.0. The Balaban J connectivity index is 1.69. The van der Waals surface area contributed by atoms with E-state index in [0.29, 0.717) is 47.0 Å². The predicted molar refractivity (Wildman–Crippen MR) is 197 cm³/mol. The van der Waals surface area contributed by atoms with Crippen LogP contribution < -0.4 is 9.47 Å². The van der Waals surface area contributed by atoms with Crippen molar-refractivity contribution in [3.63, 3.8) is 0 Å². The molecule has 4 aromatic rings. The van der Waals surface area contributed by atoms with Gasteiger partial charge in [-0.1, -0.05) is 139 Å². The van der Waals surface area contributed by atoms with Crippen molar-refractivity contribution in [3.05, 3.63) is 118 Å². The number of carbonyl (C=O) groups excluding carboxylic acids is 2. The Morgan fingerprint density at radius 1 is 0.490 bits per heavy atom. The van der Waals surface area contributed by atoms with Gasteiger partial charge in [0.15, 0.2) is 11.6 Å². The van der Waals surface area contributed by atoms with Crippen LogP contribution in [0.25, 0.3) is 0 Å². The zero-order valence-corrected chi connectivity index (χ0v) is 29.2. The Kier molecular flexibility index (Phi) is 15.2. The molecule has 0 bridgehead atoms. The Hall–Kier alpha value is -4.58. The molecule has 6 nitrogen and oxygen atoms in total. The maximum Gasteiger partial charge on any atom is 0.196 e. The number of aromatic hydroxyl groups is 2. The molecule has 260 valence electrons. The fourth-order valence-electron chi connectivity index (χ4n) is 6.01. The van der Waals surface area contributed by atoms with Gasteiger partial charge in [-0.2, -0.15) is 0 Å². The third kappa shape index (κ3) is 10.7. The molecule has 0 atom stereocenters. The van der Waals surface area contributed by atoms with Crippen LogP contribution in [-0.4, -0.2) is 35.0 Å². The van der Waals surface area contributed by atoms with Crippen molar-refractivity contribution in [2.45, 2.75) is 97.3 Å². The summed E-state index contributed by atoms with van der Waals surface area (Å²) in [6, 6.07) is 24.3. The molecule has 0 fully saturated rings. The second-order valence-electron chi connectivity index (χ2n) is 12.7. The standard InChI is InChI=1S/C43H52O6/c1-3-5-7-9-11-19-29-48-38-27-25-34(40(44)32-21-15-13-16-22-32)42(46)36(38)31-37-39(49-30-20-12-10-8-6-4-2)28-26-35(43(37)47)41(45)33-23-17-14-18-24-33/h13-18,21-28,46-47H,3-12,19-20,29-31H2,1-2H3. The highest BCUT2D eigenvalue weighted by atomic mass is 16.5. The van der Waals surface area contributed by atoms with Gasteiger partial charge >= 0.3 is 0 Å². The number of hydrogen-bond acceptors (Lipinski definition) is 6. The van der Waals surface area contributed by atoms with Gasteiger partial charge in [0, 0.05) is 28.7 Å². The fraction of sp³-hybridized carbons (Fsp3) is 0.395. The molecule has 0 unspecified atom stereocenters. The minimum absolute atomic E-state index is 0.0127. The quantitative estimate of drug-likeness (QED) is 0.0641.